The van der Waals surface area contributed by atoms with Crippen molar-refractivity contribution in [2.45, 2.75) is 19.4 Å². The largest absolute Gasteiger partial charge is 0.388 e. The molecule has 3 heteroatoms. The first-order valence-electron chi connectivity index (χ1n) is 6.54. The molecule has 0 fully saturated rings. The molecule has 3 rings (SSSR count). The molecule has 3 aromatic rings. The summed E-state index contributed by atoms with van der Waals surface area (Å²) in [5.74, 6) is -0.234. The Morgan fingerprint density at radius 3 is 2.80 bits per heavy atom. The van der Waals surface area contributed by atoms with Gasteiger partial charge in [-0.25, -0.2) is 4.39 Å². The van der Waals surface area contributed by atoms with Gasteiger partial charge in [0.15, 0.2) is 0 Å². The zero-order valence-corrected chi connectivity index (χ0v) is 12.0. The Hall–Kier alpha value is -1.71. The maximum atomic E-state index is 13.3. The molecule has 0 aliphatic heterocycles. The van der Waals surface area contributed by atoms with Crippen molar-refractivity contribution >= 4 is 21.4 Å². The minimum Gasteiger partial charge on any atom is -0.388 e. The first kappa shape index (κ1) is 13.3. The molecule has 2 aromatic carbocycles. The molecule has 1 aromatic heterocycles. The fourth-order valence-electron chi connectivity index (χ4n) is 2.39. The van der Waals surface area contributed by atoms with Crippen LogP contribution in [0.25, 0.3) is 10.1 Å². The second kappa shape index (κ2) is 5.35. The molecule has 1 unspecified atom stereocenters. The normalized spacial score (nSPS) is 12.8. The number of halogens is 1. The van der Waals surface area contributed by atoms with Crippen molar-refractivity contribution in [3.63, 3.8) is 0 Å². The molecule has 0 aliphatic rings. The first-order valence-corrected chi connectivity index (χ1v) is 7.42. The Kier molecular flexibility index (Phi) is 3.55. The summed E-state index contributed by atoms with van der Waals surface area (Å²) in [7, 11) is 0. The number of rotatable bonds is 3. The van der Waals surface area contributed by atoms with E-state index in [4.69, 9.17) is 0 Å². The SMILES string of the molecule is Cc1cc(C(O)Cc2csc3ccccc23)ccc1F. The topological polar surface area (TPSA) is 20.2 Å². The predicted molar refractivity (Wildman–Crippen MR) is 81.6 cm³/mol. The molecule has 1 heterocycles. The van der Waals surface area contributed by atoms with E-state index in [1.54, 1.807) is 30.4 Å². The molecular weight excluding hydrogens is 271 g/mol. The Labute approximate surface area is 121 Å². The summed E-state index contributed by atoms with van der Waals surface area (Å²) < 4.78 is 14.5. The van der Waals surface area contributed by atoms with Crippen LogP contribution < -0.4 is 0 Å². The van der Waals surface area contributed by atoms with Crippen molar-refractivity contribution in [1.29, 1.82) is 0 Å². The summed E-state index contributed by atoms with van der Waals surface area (Å²) in [4.78, 5) is 0. The van der Waals surface area contributed by atoms with Gasteiger partial charge < -0.3 is 5.11 Å². The van der Waals surface area contributed by atoms with Crippen molar-refractivity contribution in [1.82, 2.24) is 0 Å². The van der Waals surface area contributed by atoms with Gasteiger partial charge >= 0.3 is 0 Å². The monoisotopic (exact) mass is 286 g/mol. The maximum absolute atomic E-state index is 13.3. The van der Waals surface area contributed by atoms with Gasteiger partial charge in [-0.1, -0.05) is 30.3 Å². The third kappa shape index (κ3) is 2.47. The Morgan fingerprint density at radius 2 is 2.00 bits per heavy atom. The lowest BCUT2D eigenvalue weighted by atomic mass is 9.99. The highest BCUT2D eigenvalue weighted by atomic mass is 32.1. The van der Waals surface area contributed by atoms with Crippen molar-refractivity contribution in [3.8, 4) is 0 Å². The molecule has 1 N–H and O–H groups in total. The molecule has 1 atom stereocenters. The second-order valence-corrected chi connectivity index (χ2v) is 5.90. The van der Waals surface area contributed by atoms with Crippen LogP contribution in [0.2, 0.25) is 0 Å². The highest BCUT2D eigenvalue weighted by molar-refractivity contribution is 7.17. The summed E-state index contributed by atoms with van der Waals surface area (Å²) in [6, 6.07) is 13.0. The van der Waals surface area contributed by atoms with E-state index < -0.39 is 6.10 Å². The second-order valence-electron chi connectivity index (χ2n) is 4.99. The summed E-state index contributed by atoms with van der Waals surface area (Å²) in [6.45, 7) is 1.71. The van der Waals surface area contributed by atoms with Gasteiger partial charge in [-0.2, -0.15) is 0 Å². The first-order chi connectivity index (χ1) is 9.65. The van der Waals surface area contributed by atoms with Crippen LogP contribution >= 0.6 is 11.3 Å². The van der Waals surface area contributed by atoms with Gasteiger partial charge in [-0.05, 0) is 46.5 Å². The van der Waals surface area contributed by atoms with Crippen LogP contribution in [0.1, 0.15) is 22.8 Å². The molecule has 20 heavy (non-hydrogen) atoms. The molecule has 1 nitrogen and oxygen atoms in total. The number of thiophene rings is 1. The van der Waals surface area contributed by atoms with E-state index in [1.165, 1.54) is 16.2 Å². The van der Waals surface area contributed by atoms with Crippen LogP contribution in [-0.4, -0.2) is 5.11 Å². The third-order valence-electron chi connectivity index (χ3n) is 3.54. The molecule has 0 amide bonds. The predicted octanol–water partition coefficient (Wildman–Crippen LogP) is 4.62. The lowest BCUT2D eigenvalue weighted by molar-refractivity contribution is 0.179. The minimum atomic E-state index is -0.604. The zero-order chi connectivity index (χ0) is 14.1. The van der Waals surface area contributed by atoms with Crippen LogP contribution in [0.5, 0.6) is 0 Å². The number of aliphatic hydroxyl groups excluding tert-OH is 1. The molecule has 0 radical (unpaired) electrons. The summed E-state index contributed by atoms with van der Waals surface area (Å²) in [5, 5.41) is 13.6. The number of hydrogen-bond donors (Lipinski definition) is 1. The summed E-state index contributed by atoms with van der Waals surface area (Å²) in [5.41, 5.74) is 2.47. The van der Waals surface area contributed by atoms with E-state index in [1.807, 2.05) is 12.1 Å². The van der Waals surface area contributed by atoms with Crippen LogP contribution in [0.3, 0.4) is 0 Å². The van der Waals surface area contributed by atoms with Crippen LogP contribution in [0.15, 0.2) is 47.8 Å². The standard InChI is InChI=1S/C17H15FOS/c1-11-8-12(6-7-15(11)18)16(19)9-13-10-20-17-5-3-2-4-14(13)17/h2-8,10,16,19H,9H2,1H3. The van der Waals surface area contributed by atoms with E-state index in [0.717, 1.165) is 11.1 Å². The third-order valence-corrected chi connectivity index (χ3v) is 4.55. The van der Waals surface area contributed by atoms with Crippen LogP contribution in [0, 0.1) is 12.7 Å². The summed E-state index contributed by atoms with van der Waals surface area (Å²) >= 11 is 1.69. The van der Waals surface area contributed by atoms with Gasteiger partial charge in [0.25, 0.3) is 0 Å². The number of benzene rings is 2. The zero-order valence-electron chi connectivity index (χ0n) is 11.1. The van der Waals surface area contributed by atoms with E-state index >= 15 is 0 Å². The summed E-state index contributed by atoms with van der Waals surface area (Å²) in [6.07, 6.45) is -0.0537. The fourth-order valence-corrected chi connectivity index (χ4v) is 3.37. The molecule has 0 saturated heterocycles. The molecule has 0 bridgehead atoms. The molecule has 102 valence electrons. The van der Waals surface area contributed by atoms with Gasteiger partial charge in [0, 0.05) is 11.1 Å². The number of aryl methyl sites for hydroxylation is 1. The Bertz CT molecular complexity index is 748. The van der Waals surface area contributed by atoms with E-state index in [0.29, 0.717) is 12.0 Å². The van der Waals surface area contributed by atoms with Crippen LogP contribution in [0.4, 0.5) is 4.39 Å². The van der Waals surface area contributed by atoms with Gasteiger partial charge in [0.1, 0.15) is 5.82 Å². The average Bonchev–Trinajstić information content (AvgIpc) is 2.85. The van der Waals surface area contributed by atoms with Crippen molar-refractivity contribution in [3.05, 3.63) is 70.4 Å². The number of fused-ring (bicyclic) bond motifs is 1. The van der Waals surface area contributed by atoms with Gasteiger partial charge in [0.05, 0.1) is 6.10 Å². The highest BCUT2D eigenvalue weighted by Crippen LogP contribution is 2.29. The van der Waals surface area contributed by atoms with Gasteiger partial charge in [-0.15, -0.1) is 11.3 Å². The van der Waals surface area contributed by atoms with E-state index in [2.05, 4.69) is 17.5 Å². The molecular formula is C17H15FOS. The lowest BCUT2D eigenvalue weighted by Gasteiger charge is -2.11. The quantitative estimate of drug-likeness (QED) is 0.744. The number of aliphatic hydroxyl groups is 1. The molecule has 0 spiro atoms. The Morgan fingerprint density at radius 1 is 1.20 bits per heavy atom. The van der Waals surface area contributed by atoms with Crippen molar-refractivity contribution < 1.29 is 9.50 Å². The smallest absolute Gasteiger partial charge is 0.126 e. The highest BCUT2D eigenvalue weighted by Gasteiger charge is 2.13. The van der Waals surface area contributed by atoms with Crippen LogP contribution in [-0.2, 0) is 6.42 Å². The Balaban J connectivity index is 1.88. The van der Waals surface area contributed by atoms with E-state index in [-0.39, 0.29) is 5.82 Å². The molecule has 0 aliphatic carbocycles. The van der Waals surface area contributed by atoms with E-state index in [9.17, 15) is 9.50 Å². The maximum Gasteiger partial charge on any atom is 0.126 e. The number of hydrogen-bond acceptors (Lipinski definition) is 2. The van der Waals surface area contributed by atoms with Gasteiger partial charge in [-0.3, -0.25) is 0 Å². The van der Waals surface area contributed by atoms with Crippen molar-refractivity contribution in [2.24, 2.45) is 0 Å². The molecule has 0 saturated carbocycles. The lowest BCUT2D eigenvalue weighted by Crippen LogP contribution is -2.02. The van der Waals surface area contributed by atoms with Gasteiger partial charge in [0.2, 0.25) is 0 Å². The van der Waals surface area contributed by atoms with Crippen molar-refractivity contribution in [2.75, 3.05) is 0 Å². The average molecular weight is 286 g/mol. The fraction of sp³-hybridized carbons (Fsp3) is 0.176. The minimum absolute atomic E-state index is 0.234.